The fourth-order valence-corrected chi connectivity index (χ4v) is 3.28. The molecule has 1 saturated carbocycles. The van der Waals surface area contributed by atoms with Crippen LogP contribution in [0.4, 0.5) is 4.39 Å². The number of halogens is 1. The summed E-state index contributed by atoms with van der Waals surface area (Å²) in [5.74, 6) is -0.400. The summed E-state index contributed by atoms with van der Waals surface area (Å²) in [6, 6.07) is 6.48. The van der Waals surface area contributed by atoms with E-state index in [0.29, 0.717) is 18.8 Å². The second-order valence-electron chi connectivity index (χ2n) is 5.58. The molecule has 0 saturated heterocycles. The average molecular weight is 334 g/mol. The molecule has 0 atom stereocenters. The van der Waals surface area contributed by atoms with Gasteiger partial charge in [0.25, 0.3) is 5.91 Å². The van der Waals surface area contributed by atoms with Gasteiger partial charge in [-0.15, -0.1) is 0 Å². The molecule has 5 nitrogen and oxygen atoms in total. The maximum atomic E-state index is 13.1. The Morgan fingerprint density at radius 3 is 2.74 bits per heavy atom. The summed E-state index contributed by atoms with van der Waals surface area (Å²) < 4.78 is 14.7. The number of nitrogens with zero attached hydrogens (tertiary/aromatic N) is 2. The number of carbonyl (C=O) groups excluding carboxylic acids is 1. The highest BCUT2D eigenvalue weighted by atomic mass is 32.2. The fourth-order valence-electron chi connectivity index (χ4n) is 2.29. The van der Waals surface area contributed by atoms with Gasteiger partial charge in [-0.2, -0.15) is 5.10 Å². The van der Waals surface area contributed by atoms with Crippen molar-refractivity contribution in [1.29, 1.82) is 0 Å². The van der Waals surface area contributed by atoms with E-state index >= 15 is 0 Å². The number of carbonyl (C=O) groups is 1. The summed E-state index contributed by atoms with van der Waals surface area (Å²) in [5, 5.41) is 7.45. The number of amides is 1. The second kappa shape index (κ2) is 6.72. The first kappa shape index (κ1) is 16.0. The van der Waals surface area contributed by atoms with E-state index in [1.807, 2.05) is 6.92 Å². The minimum absolute atomic E-state index is 0.119. The van der Waals surface area contributed by atoms with Crippen molar-refractivity contribution in [2.75, 3.05) is 6.54 Å². The molecule has 2 aromatic rings. The van der Waals surface area contributed by atoms with Gasteiger partial charge >= 0.3 is 0 Å². The first-order valence-corrected chi connectivity index (χ1v) is 8.42. The normalized spacial score (nSPS) is 14.0. The van der Waals surface area contributed by atoms with Gasteiger partial charge in [-0.25, -0.2) is 4.39 Å². The SMILES string of the molecule is Cc1nn(CCN)c(C(=O)NC2CC2)c1Sc1ccc(F)cc1. The highest BCUT2D eigenvalue weighted by Gasteiger charge is 2.28. The number of rotatable bonds is 6. The Hall–Kier alpha value is -1.86. The zero-order valence-corrected chi connectivity index (χ0v) is 13.7. The van der Waals surface area contributed by atoms with Crippen LogP contribution in [0.2, 0.25) is 0 Å². The van der Waals surface area contributed by atoms with E-state index in [4.69, 9.17) is 5.73 Å². The highest BCUT2D eigenvalue weighted by molar-refractivity contribution is 7.99. The van der Waals surface area contributed by atoms with Crippen molar-refractivity contribution < 1.29 is 9.18 Å². The third kappa shape index (κ3) is 3.73. The number of nitrogens with one attached hydrogen (secondary N) is 1. The van der Waals surface area contributed by atoms with Crippen LogP contribution in [0, 0.1) is 12.7 Å². The molecule has 1 aliphatic carbocycles. The van der Waals surface area contributed by atoms with E-state index in [9.17, 15) is 9.18 Å². The minimum atomic E-state index is -0.281. The summed E-state index contributed by atoms with van der Waals surface area (Å²) in [5.41, 5.74) is 6.94. The van der Waals surface area contributed by atoms with Crippen LogP contribution in [-0.4, -0.2) is 28.3 Å². The Kier molecular flexibility index (Phi) is 4.68. The molecule has 122 valence electrons. The number of aryl methyl sites for hydroxylation is 1. The molecule has 0 aliphatic heterocycles. The van der Waals surface area contributed by atoms with Gasteiger partial charge < -0.3 is 11.1 Å². The number of hydrogen-bond donors (Lipinski definition) is 2. The molecule has 3 N–H and O–H groups in total. The lowest BCUT2D eigenvalue weighted by molar-refractivity contribution is 0.0937. The monoisotopic (exact) mass is 334 g/mol. The molecule has 1 aliphatic rings. The summed E-state index contributed by atoms with van der Waals surface area (Å²) in [4.78, 5) is 14.2. The second-order valence-corrected chi connectivity index (χ2v) is 6.66. The highest BCUT2D eigenvalue weighted by Crippen LogP contribution is 2.33. The van der Waals surface area contributed by atoms with Crippen molar-refractivity contribution in [2.24, 2.45) is 5.73 Å². The van der Waals surface area contributed by atoms with Crippen LogP contribution in [0.5, 0.6) is 0 Å². The van der Waals surface area contributed by atoms with Crippen molar-refractivity contribution in [1.82, 2.24) is 15.1 Å². The Morgan fingerprint density at radius 1 is 1.43 bits per heavy atom. The van der Waals surface area contributed by atoms with E-state index in [1.54, 1.807) is 16.8 Å². The first-order chi connectivity index (χ1) is 11.1. The van der Waals surface area contributed by atoms with Crippen LogP contribution >= 0.6 is 11.8 Å². The van der Waals surface area contributed by atoms with Gasteiger partial charge in [-0.1, -0.05) is 11.8 Å². The summed E-state index contributed by atoms with van der Waals surface area (Å²) in [6.07, 6.45) is 2.05. The van der Waals surface area contributed by atoms with Crippen LogP contribution in [0.1, 0.15) is 29.0 Å². The Balaban J connectivity index is 1.93. The van der Waals surface area contributed by atoms with Crippen LogP contribution < -0.4 is 11.1 Å². The number of nitrogens with two attached hydrogens (primary N) is 1. The van der Waals surface area contributed by atoms with Crippen LogP contribution in [0.25, 0.3) is 0 Å². The fraction of sp³-hybridized carbons (Fsp3) is 0.375. The third-order valence-electron chi connectivity index (χ3n) is 3.57. The smallest absolute Gasteiger partial charge is 0.270 e. The molecule has 1 fully saturated rings. The molecule has 23 heavy (non-hydrogen) atoms. The molecule has 0 unspecified atom stereocenters. The summed E-state index contributed by atoms with van der Waals surface area (Å²) >= 11 is 1.42. The quantitative estimate of drug-likeness (QED) is 0.850. The molecule has 1 amide bonds. The van der Waals surface area contributed by atoms with Crippen molar-refractivity contribution in [3.63, 3.8) is 0 Å². The molecule has 7 heteroatoms. The maximum absolute atomic E-state index is 13.1. The van der Waals surface area contributed by atoms with Gasteiger partial charge in [0.05, 0.1) is 17.1 Å². The molecular weight excluding hydrogens is 315 g/mol. The standard InChI is InChI=1S/C16H19FN4OS/c1-10-15(23-13-6-2-11(17)3-7-13)14(21(20-10)9-8-18)16(22)19-12-4-5-12/h2-3,6-7,12H,4-5,8-9,18H2,1H3,(H,19,22). The van der Waals surface area contributed by atoms with Crippen molar-refractivity contribution >= 4 is 17.7 Å². The molecule has 1 heterocycles. The predicted molar refractivity (Wildman–Crippen MR) is 87.0 cm³/mol. The predicted octanol–water partition coefficient (Wildman–Crippen LogP) is 2.33. The Bertz CT molecular complexity index is 710. The van der Waals surface area contributed by atoms with Gasteiger partial charge in [-0.05, 0) is 44.0 Å². The van der Waals surface area contributed by atoms with Gasteiger partial charge in [-0.3, -0.25) is 9.48 Å². The molecule has 0 bridgehead atoms. The van der Waals surface area contributed by atoms with E-state index < -0.39 is 0 Å². The van der Waals surface area contributed by atoms with E-state index in [1.165, 1.54) is 23.9 Å². The molecule has 1 aromatic heterocycles. The van der Waals surface area contributed by atoms with E-state index in [2.05, 4.69) is 10.4 Å². The van der Waals surface area contributed by atoms with Crippen molar-refractivity contribution in [3.8, 4) is 0 Å². The topological polar surface area (TPSA) is 72.9 Å². The van der Waals surface area contributed by atoms with Gasteiger partial charge in [0.15, 0.2) is 0 Å². The lowest BCUT2D eigenvalue weighted by Crippen LogP contribution is -2.29. The Morgan fingerprint density at radius 2 is 2.13 bits per heavy atom. The van der Waals surface area contributed by atoms with Crippen molar-refractivity contribution in [3.05, 3.63) is 41.5 Å². The zero-order chi connectivity index (χ0) is 16.4. The zero-order valence-electron chi connectivity index (χ0n) is 12.9. The van der Waals surface area contributed by atoms with Crippen LogP contribution in [-0.2, 0) is 6.54 Å². The molecule has 0 spiro atoms. The minimum Gasteiger partial charge on any atom is -0.348 e. The summed E-state index contributed by atoms with van der Waals surface area (Å²) in [6.45, 7) is 2.76. The molecule has 0 radical (unpaired) electrons. The van der Waals surface area contributed by atoms with Crippen LogP contribution in [0.15, 0.2) is 34.1 Å². The maximum Gasteiger partial charge on any atom is 0.270 e. The van der Waals surface area contributed by atoms with Gasteiger partial charge in [0.1, 0.15) is 11.5 Å². The van der Waals surface area contributed by atoms with Crippen LogP contribution in [0.3, 0.4) is 0 Å². The molecule has 3 rings (SSSR count). The van der Waals surface area contributed by atoms with E-state index in [0.717, 1.165) is 28.3 Å². The average Bonchev–Trinajstić information content (AvgIpc) is 3.27. The largest absolute Gasteiger partial charge is 0.348 e. The molecular formula is C16H19FN4OS. The Labute approximate surface area is 138 Å². The van der Waals surface area contributed by atoms with Gasteiger partial charge in [0, 0.05) is 17.5 Å². The lowest BCUT2D eigenvalue weighted by atomic mass is 10.3. The summed E-state index contributed by atoms with van der Waals surface area (Å²) in [7, 11) is 0. The number of benzene rings is 1. The molecule has 1 aromatic carbocycles. The number of aromatic nitrogens is 2. The van der Waals surface area contributed by atoms with Gasteiger partial charge in [0.2, 0.25) is 0 Å². The third-order valence-corrected chi connectivity index (χ3v) is 4.78. The number of hydrogen-bond acceptors (Lipinski definition) is 4. The van der Waals surface area contributed by atoms with Crippen molar-refractivity contribution in [2.45, 2.75) is 42.1 Å². The first-order valence-electron chi connectivity index (χ1n) is 7.60. The van der Waals surface area contributed by atoms with E-state index in [-0.39, 0.29) is 17.8 Å². The lowest BCUT2D eigenvalue weighted by Gasteiger charge is -2.09.